The van der Waals surface area contributed by atoms with Crippen LogP contribution in [0.15, 0.2) is 30.3 Å². The second kappa shape index (κ2) is 8.25. The summed E-state index contributed by atoms with van der Waals surface area (Å²) < 4.78 is 21.8. The number of methoxy groups -OCH3 is 1. The normalized spacial score (nSPS) is 12.8. The Bertz CT molecular complexity index is 840. The van der Waals surface area contributed by atoms with Crippen LogP contribution in [0.3, 0.4) is 0 Å². The number of Topliss-reactive ketones (excluding diaryl/α,β-unsaturated/α-hetero) is 1. The molecule has 0 atom stereocenters. The fourth-order valence-electron chi connectivity index (χ4n) is 2.27. The van der Waals surface area contributed by atoms with Crippen LogP contribution in [0, 0.1) is 0 Å². The van der Waals surface area contributed by atoms with E-state index in [-0.39, 0.29) is 12.4 Å². The number of ether oxygens (including phenoxy) is 4. The Hall–Kier alpha value is -2.51. The molecule has 0 bridgehead atoms. The van der Waals surface area contributed by atoms with E-state index < -0.39 is 5.97 Å². The summed E-state index contributed by atoms with van der Waals surface area (Å²) in [6, 6.07) is 6.67. The van der Waals surface area contributed by atoms with Crippen molar-refractivity contribution < 1.29 is 28.5 Å². The molecule has 0 amide bonds. The van der Waals surface area contributed by atoms with Gasteiger partial charge in [0.2, 0.25) is 11.5 Å². The zero-order valence-electron chi connectivity index (χ0n) is 13.8. The fraction of sp³-hybridized carbons (Fsp3) is 0.222. The second-order valence-corrected chi connectivity index (χ2v) is 6.93. The third-order valence-corrected chi connectivity index (χ3v) is 4.73. The van der Waals surface area contributed by atoms with Crippen LogP contribution in [-0.2, 0) is 9.53 Å². The average Bonchev–Trinajstić information content (AvgIpc) is 3.10. The third-order valence-electron chi connectivity index (χ3n) is 3.46. The maximum absolute atomic E-state index is 11.9. The molecule has 0 spiro atoms. The maximum atomic E-state index is 11.9. The molecule has 1 aliphatic rings. The van der Waals surface area contributed by atoms with E-state index in [1.54, 1.807) is 30.3 Å². The number of esters is 1. The summed E-state index contributed by atoms with van der Waals surface area (Å²) in [6.07, 6.45) is 2.79. The van der Waals surface area contributed by atoms with E-state index in [9.17, 15) is 9.59 Å². The van der Waals surface area contributed by atoms with Gasteiger partial charge < -0.3 is 18.9 Å². The number of halogens is 1. The molecule has 0 N–H and O–H groups in total. The standard InChI is InChI=1S/C18H15ClO6S/c1-22-13-8-11(9-14-18(13)24-7-6-23-14)2-5-17(21)25-10-12(20)15-3-4-16(19)26-15/h2-5,8-9H,6-7,10H2,1H3/b5-2+. The largest absolute Gasteiger partial charge is 0.493 e. The van der Waals surface area contributed by atoms with Crippen LogP contribution in [0.4, 0.5) is 0 Å². The highest BCUT2D eigenvalue weighted by atomic mass is 35.5. The monoisotopic (exact) mass is 394 g/mol. The number of rotatable bonds is 6. The predicted molar refractivity (Wildman–Crippen MR) is 97.6 cm³/mol. The molecule has 3 rings (SSSR count). The lowest BCUT2D eigenvalue weighted by Crippen LogP contribution is -2.16. The molecule has 0 saturated carbocycles. The van der Waals surface area contributed by atoms with E-state index in [2.05, 4.69) is 0 Å². The van der Waals surface area contributed by atoms with Crippen LogP contribution in [-0.4, -0.2) is 38.7 Å². The minimum absolute atomic E-state index is 0.301. The molecular formula is C18H15ClO6S. The quantitative estimate of drug-likeness (QED) is 0.423. The Kier molecular flexibility index (Phi) is 5.80. The van der Waals surface area contributed by atoms with Gasteiger partial charge in [0.1, 0.15) is 13.2 Å². The summed E-state index contributed by atoms with van der Waals surface area (Å²) in [5.41, 5.74) is 0.680. The van der Waals surface area contributed by atoms with Crippen LogP contribution in [0.5, 0.6) is 17.2 Å². The molecule has 1 aromatic heterocycles. The highest BCUT2D eigenvalue weighted by Gasteiger charge is 2.18. The molecule has 0 radical (unpaired) electrons. The summed E-state index contributed by atoms with van der Waals surface area (Å²) in [4.78, 5) is 24.2. The lowest BCUT2D eigenvalue weighted by Gasteiger charge is -2.20. The van der Waals surface area contributed by atoms with Crippen LogP contribution in [0.2, 0.25) is 4.34 Å². The van der Waals surface area contributed by atoms with E-state index in [1.165, 1.54) is 13.2 Å². The minimum atomic E-state index is -0.630. The first-order valence-electron chi connectivity index (χ1n) is 7.68. The lowest BCUT2D eigenvalue weighted by molar-refractivity contribution is -0.136. The van der Waals surface area contributed by atoms with Crippen molar-refractivity contribution in [3.63, 3.8) is 0 Å². The van der Waals surface area contributed by atoms with Crippen molar-refractivity contribution in [3.05, 3.63) is 45.1 Å². The van der Waals surface area contributed by atoms with E-state index in [0.29, 0.717) is 45.2 Å². The molecular weight excluding hydrogens is 380 g/mol. The van der Waals surface area contributed by atoms with Gasteiger partial charge in [-0.25, -0.2) is 4.79 Å². The lowest BCUT2D eigenvalue weighted by atomic mass is 10.1. The third kappa shape index (κ3) is 4.36. The molecule has 0 unspecified atom stereocenters. The van der Waals surface area contributed by atoms with Crippen molar-refractivity contribution in [1.82, 2.24) is 0 Å². The van der Waals surface area contributed by atoms with E-state index in [1.807, 2.05) is 0 Å². The molecule has 2 heterocycles. The molecule has 6 nitrogen and oxygen atoms in total. The zero-order valence-corrected chi connectivity index (χ0v) is 15.4. The molecule has 8 heteroatoms. The smallest absolute Gasteiger partial charge is 0.331 e. The van der Waals surface area contributed by atoms with Crippen LogP contribution in [0.25, 0.3) is 6.08 Å². The number of ketones is 1. The highest BCUT2D eigenvalue weighted by molar-refractivity contribution is 7.18. The Labute approximate surface area is 158 Å². The number of hydrogen-bond acceptors (Lipinski definition) is 7. The van der Waals surface area contributed by atoms with E-state index >= 15 is 0 Å². The number of carbonyl (C=O) groups excluding carboxylic acids is 2. The van der Waals surface area contributed by atoms with Gasteiger partial charge in [-0.2, -0.15) is 0 Å². The molecule has 1 aliphatic heterocycles. The number of benzene rings is 1. The van der Waals surface area contributed by atoms with Gasteiger partial charge in [0.15, 0.2) is 18.1 Å². The summed E-state index contributed by atoms with van der Waals surface area (Å²) >= 11 is 6.92. The van der Waals surface area contributed by atoms with Crippen molar-refractivity contribution in [2.24, 2.45) is 0 Å². The molecule has 0 saturated heterocycles. The van der Waals surface area contributed by atoms with Crippen LogP contribution >= 0.6 is 22.9 Å². The van der Waals surface area contributed by atoms with Crippen molar-refractivity contribution in [3.8, 4) is 17.2 Å². The molecule has 0 fully saturated rings. The van der Waals surface area contributed by atoms with Crippen molar-refractivity contribution in [2.45, 2.75) is 0 Å². The highest BCUT2D eigenvalue weighted by Crippen LogP contribution is 2.40. The predicted octanol–water partition coefficient (Wildman–Crippen LogP) is 3.62. The maximum Gasteiger partial charge on any atom is 0.331 e. The summed E-state index contributed by atoms with van der Waals surface area (Å²) in [6.45, 7) is 0.555. The van der Waals surface area contributed by atoms with Crippen LogP contribution < -0.4 is 14.2 Å². The first-order chi connectivity index (χ1) is 12.6. The summed E-state index contributed by atoms with van der Waals surface area (Å²) in [7, 11) is 1.53. The average molecular weight is 395 g/mol. The number of thiophene rings is 1. The van der Waals surface area contributed by atoms with Crippen molar-refractivity contribution in [2.75, 3.05) is 26.9 Å². The molecule has 136 valence electrons. The van der Waals surface area contributed by atoms with Gasteiger partial charge in [0.05, 0.1) is 16.3 Å². The van der Waals surface area contributed by atoms with E-state index in [4.69, 9.17) is 30.5 Å². The van der Waals surface area contributed by atoms with Gasteiger partial charge in [-0.3, -0.25) is 4.79 Å². The SMILES string of the molecule is COc1cc(/C=C/C(=O)OCC(=O)c2ccc(Cl)s2)cc2c1OCCO2. The van der Waals surface area contributed by atoms with Crippen LogP contribution in [0.1, 0.15) is 15.2 Å². The number of carbonyl (C=O) groups is 2. The Balaban J connectivity index is 1.62. The molecule has 1 aromatic carbocycles. The first kappa shape index (κ1) is 18.3. The van der Waals surface area contributed by atoms with Gasteiger partial charge in [0, 0.05) is 6.08 Å². The van der Waals surface area contributed by atoms with Gasteiger partial charge in [0.25, 0.3) is 0 Å². The number of hydrogen-bond donors (Lipinski definition) is 0. The summed E-state index contributed by atoms with van der Waals surface area (Å²) in [5, 5.41) is 0. The van der Waals surface area contributed by atoms with Gasteiger partial charge in [-0.05, 0) is 35.9 Å². The van der Waals surface area contributed by atoms with Gasteiger partial charge in [-0.1, -0.05) is 11.6 Å². The molecule has 26 heavy (non-hydrogen) atoms. The van der Waals surface area contributed by atoms with Gasteiger partial charge >= 0.3 is 5.97 Å². The minimum Gasteiger partial charge on any atom is -0.493 e. The Morgan fingerprint density at radius 2 is 2.08 bits per heavy atom. The topological polar surface area (TPSA) is 71.1 Å². The van der Waals surface area contributed by atoms with Gasteiger partial charge in [-0.15, -0.1) is 11.3 Å². The Morgan fingerprint density at radius 3 is 2.81 bits per heavy atom. The first-order valence-corrected chi connectivity index (χ1v) is 8.87. The second-order valence-electron chi connectivity index (χ2n) is 5.22. The Morgan fingerprint density at radius 1 is 1.27 bits per heavy atom. The summed E-state index contributed by atoms with van der Waals surface area (Å²) in [5.74, 6) is 0.673. The molecule has 2 aromatic rings. The van der Waals surface area contributed by atoms with E-state index in [0.717, 1.165) is 11.3 Å². The zero-order chi connectivity index (χ0) is 18.5. The van der Waals surface area contributed by atoms with Crippen molar-refractivity contribution >= 4 is 40.8 Å². The molecule has 0 aliphatic carbocycles. The fourth-order valence-corrected chi connectivity index (χ4v) is 3.24. The van der Waals surface area contributed by atoms with Crippen molar-refractivity contribution in [1.29, 1.82) is 0 Å². The number of fused-ring (bicyclic) bond motifs is 1.